The number of aryl methyl sites for hydroxylation is 1. The van der Waals surface area contributed by atoms with Crippen molar-refractivity contribution in [2.24, 2.45) is 0 Å². The molecule has 0 heterocycles. The summed E-state index contributed by atoms with van der Waals surface area (Å²) in [4.78, 5) is -0.758. The van der Waals surface area contributed by atoms with Gasteiger partial charge >= 0.3 is 0 Å². The summed E-state index contributed by atoms with van der Waals surface area (Å²) in [6.07, 6.45) is 0. The van der Waals surface area contributed by atoms with Gasteiger partial charge in [-0.2, -0.15) is 0 Å². The molecule has 2 rings (SSSR count). The first-order chi connectivity index (χ1) is 9.83. The molecule has 112 valence electrons. The second-order valence-corrected chi connectivity index (χ2v) is 6.03. The van der Waals surface area contributed by atoms with Crippen LogP contribution in [-0.4, -0.2) is 15.5 Å². The van der Waals surface area contributed by atoms with Crippen LogP contribution < -0.4 is 9.46 Å². The lowest BCUT2D eigenvalue weighted by molar-refractivity contribution is 0.416. The fraction of sp³-hybridized carbons (Fsp3) is 0.143. The van der Waals surface area contributed by atoms with Gasteiger partial charge in [-0.1, -0.05) is 6.07 Å². The quantitative estimate of drug-likeness (QED) is 0.944. The molecule has 0 saturated heterocycles. The van der Waals surface area contributed by atoms with Gasteiger partial charge in [0.1, 0.15) is 22.3 Å². The Balaban J connectivity index is 2.47. The van der Waals surface area contributed by atoms with E-state index in [2.05, 4.69) is 4.72 Å². The van der Waals surface area contributed by atoms with Crippen LogP contribution in [0.25, 0.3) is 0 Å². The SMILES string of the molecule is COc1ccc(C)cc1NS(=O)(=O)c1cc(F)ccc1F. The number of benzene rings is 2. The van der Waals surface area contributed by atoms with Gasteiger partial charge in [-0.3, -0.25) is 4.72 Å². The minimum atomic E-state index is -4.26. The molecule has 21 heavy (non-hydrogen) atoms. The molecule has 0 aliphatic carbocycles. The first-order valence-electron chi connectivity index (χ1n) is 5.96. The fourth-order valence-corrected chi connectivity index (χ4v) is 2.94. The molecule has 7 heteroatoms. The highest BCUT2D eigenvalue weighted by Crippen LogP contribution is 2.28. The van der Waals surface area contributed by atoms with E-state index in [1.165, 1.54) is 13.2 Å². The average molecular weight is 313 g/mol. The van der Waals surface area contributed by atoms with Crippen LogP contribution in [-0.2, 0) is 10.0 Å². The number of nitrogens with one attached hydrogen (secondary N) is 1. The second kappa shape index (κ2) is 5.69. The number of sulfonamides is 1. The van der Waals surface area contributed by atoms with E-state index in [9.17, 15) is 17.2 Å². The van der Waals surface area contributed by atoms with Crippen molar-refractivity contribution in [1.29, 1.82) is 0 Å². The van der Waals surface area contributed by atoms with E-state index in [1.54, 1.807) is 19.1 Å². The molecule has 2 aromatic carbocycles. The van der Waals surface area contributed by atoms with Crippen molar-refractivity contribution in [2.75, 3.05) is 11.8 Å². The number of ether oxygens (including phenoxy) is 1. The second-order valence-electron chi connectivity index (χ2n) is 4.38. The highest BCUT2D eigenvalue weighted by molar-refractivity contribution is 7.92. The zero-order valence-electron chi connectivity index (χ0n) is 11.4. The van der Waals surface area contributed by atoms with Crippen LogP contribution in [0.5, 0.6) is 5.75 Å². The van der Waals surface area contributed by atoms with E-state index in [0.29, 0.717) is 6.07 Å². The number of hydrogen-bond acceptors (Lipinski definition) is 3. The summed E-state index contributed by atoms with van der Waals surface area (Å²) in [5, 5.41) is 0. The van der Waals surface area contributed by atoms with Gasteiger partial charge in [0.2, 0.25) is 0 Å². The molecule has 0 spiro atoms. The molecule has 0 radical (unpaired) electrons. The molecule has 0 aromatic heterocycles. The van der Waals surface area contributed by atoms with Crippen molar-refractivity contribution >= 4 is 15.7 Å². The third-order valence-corrected chi connectivity index (χ3v) is 4.16. The Morgan fingerprint density at radius 3 is 2.48 bits per heavy atom. The minimum Gasteiger partial charge on any atom is -0.495 e. The maximum absolute atomic E-state index is 13.6. The van der Waals surface area contributed by atoms with Crippen molar-refractivity contribution in [2.45, 2.75) is 11.8 Å². The van der Waals surface area contributed by atoms with Gasteiger partial charge in [-0.25, -0.2) is 17.2 Å². The topological polar surface area (TPSA) is 55.4 Å². The maximum Gasteiger partial charge on any atom is 0.265 e. The van der Waals surface area contributed by atoms with Crippen molar-refractivity contribution < 1.29 is 21.9 Å². The van der Waals surface area contributed by atoms with Gasteiger partial charge in [-0.05, 0) is 42.8 Å². The summed E-state index contributed by atoms with van der Waals surface area (Å²) in [6.45, 7) is 1.76. The molecule has 0 unspecified atom stereocenters. The molecule has 0 saturated carbocycles. The Hall–Kier alpha value is -2.15. The smallest absolute Gasteiger partial charge is 0.265 e. The van der Waals surface area contributed by atoms with Gasteiger partial charge < -0.3 is 4.74 Å². The number of halogens is 2. The van der Waals surface area contributed by atoms with E-state index in [1.807, 2.05) is 0 Å². The summed E-state index contributed by atoms with van der Waals surface area (Å²) >= 11 is 0. The molecule has 0 aliphatic heterocycles. The van der Waals surface area contributed by atoms with Gasteiger partial charge in [0, 0.05) is 0 Å². The number of hydrogen-bond donors (Lipinski definition) is 1. The summed E-state index contributed by atoms with van der Waals surface area (Å²) in [5.41, 5.74) is 0.939. The summed E-state index contributed by atoms with van der Waals surface area (Å²) in [5.74, 6) is -1.59. The van der Waals surface area contributed by atoms with Crippen LogP contribution in [0.2, 0.25) is 0 Å². The van der Waals surface area contributed by atoms with Crippen LogP contribution in [0.4, 0.5) is 14.5 Å². The van der Waals surface area contributed by atoms with E-state index in [-0.39, 0.29) is 11.4 Å². The minimum absolute atomic E-state index is 0.154. The molecule has 2 aromatic rings. The van der Waals surface area contributed by atoms with E-state index < -0.39 is 26.6 Å². The predicted molar refractivity (Wildman–Crippen MR) is 74.9 cm³/mol. The molecule has 0 fully saturated rings. The predicted octanol–water partition coefficient (Wildman–Crippen LogP) is 3.08. The van der Waals surface area contributed by atoms with Crippen molar-refractivity contribution in [3.63, 3.8) is 0 Å². The van der Waals surface area contributed by atoms with Crippen molar-refractivity contribution in [3.05, 3.63) is 53.6 Å². The molecule has 1 N–H and O–H groups in total. The van der Waals surface area contributed by atoms with E-state index in [0.717, 1.165) is 17.7 Å². The van der Waals surface area contributed by atoms with Crippen molar-refractivity contribution in [3.8, 4) is 5.75 Å². The Morgan fingerprint density at radius 2 is 1.81 bits per heavy atom. The zero-order valence-corrected chi connectivity index (χ0v) is 12.2. The lowest BCUT2D eigenvalue weighted by atomic mass is 10.2. The lowest BCUT2D eigenvalue weighted by Gasteiger charge is -2.13. The van der Waals surface area contributed by atoms with Crippen molar-refractivity contribution in [1.82, 2.24) is 0 Å². The first-order valence-corrected chi connectivity index (χ1v) is 7.44. The summed E-state index contributed by atoms with van der Waals surface area (Å²) < 4.78 is 58.4. The average Bonchev–Trinajstić information content (AvgIpc) is 2.41. The normalized spacial score (nSPS) is 11.2. The van der Waals surface area contributed by atoms with Crippen LogP contribution >= 0.6 is 0 Å². The molecule has 4 nitrogen and oxygen atoms in total. The lowest BCUT2D eigenvalue weighted by Crippen LogP contribution is -2.15. The third kappa shape index (κ3) is 3.30. The molecular formula is C14H13F2NO3S. The Bertz CT molecular complexity index is 776. The highest BCUT2D eigenvalue weighted by atomic mass is 32.2. The van der Waals surface area contributed by atoms with Crippen LogP contribution in [0.3, 0.4) is 0 Å². The fourth-order valence-electron chi connectivity index (χ4n) is 1.78. The van der Waals surface area contributed by atoms with E-state index in [4.69, 9.17) is 4.74 Å². The monoisotopic (exact) mass is 313 g/mol. The maximum atomic E-state index is 13.6. The van der Waals surface area contributed by atoms with Crippen LogP contribution in [0.15, 0.2) is 41.3 Å². The van der Waals surface area contributed by atoms with Gasteiger partial charge in [0.25, 0.3) is 10.0 Å². The van der Waals surface area contributed by atoms with E-state index >= 15 is 0 Å². The number of methoxy groups -OCH3 is 1. The number of anilines is 1. The highest BCUT2D eigenvalue weighted by Gasteiger charge is 2.21. The standard InChI is InChI=1S/C14H13F2NO3S/c1-9-3-6-13(20-2)12(7-9)17-21(18,19)14-8-10(15)4-5-11(14)16/h3-8,17H,1-2H3. The number of rotatable bonds is 4. The molecule has 0 amide bonds. The Labute approximate surface area is 121 Å². The first kappa shape index (κ1) is 15.2. The Kier molecular flexibility index (Phi) is 4.13. The van der Waals surface area contributed by atoms with Gasteiger partial charge in [-0.15, -0.1) is 0 Å². The summed E-state index contributed by atoms with van der Waals surface area (Å²) in [6, 6.07) is 7.08. The molecular weight excluding hydrogens is 300 g/mol. The molecule has 0 aliphatic rings. The van der Waals surface area contributed by atoms with Crippen LogP contribution in [0.1, 0.15) is 5.56 Å². The third-order valence-electron chi connectivity index (χ3n) is 2.78. The van der Waals surface area contributed by atoms with Crippen LogP contribution in [0, 0.1) is 18.6 Å². The van der Waals surface area contributed by atoms with Gasteiger partial charge in [0.15, 0.2) is 0 Å². The zero-order chi connectivity index (χ0) is 15.6. The Morgan fingerprint density at radius 1 is 1.10 bits per heavy atom. The molecule has 0 bridgehead atoms. The van der Waals surface area contributed by atoms with Gasteiger partial charge in [0.05, 0.1) is 12.8 Å². The summed E-state index contributed by atoms with van der Waals surface area (Å²) in [7, 11) is -2.88. The molecule has 0 atom stereocenters. The largest absolute Gasteiger partial charge is 0.495 e.